The van der Waals surface area contributed by atoms with Crippen LogP contribution in [0.1, 0.15) is 24.6 Å². The lowest BCUT2D eigenvalue weighted by atomic mass is 10.2. The van der Waals surface area contributed by atoms with Crippen LogP contribution in [-0.2, 0) is 4.79 Å². The molecule has 1 N–H and O–H groups in total. The van der Waals surface area contributed by atoms with Gasteiger partial charge in [0.2, 0.25) is 11.9 Å². The van der Waals surface area contributed by atoms with Gasteiger partial charge in [0.1, 0.15) is 6.54 Å². The predicted molar refractivity (Wildman–Crippen MR) is 89.1 cm³/mol. The summed E-state index contributed by atoms with van der Waals surface area (Å²) in [5.41, 5.74) is 2.78. The fourth-order valence-corrected chi connectivity index (χ4v) is 2.18. The van der Waals surface area contributed by atoms with Crippen LogP contribution in [0.4, 0.5) is 11.6 Å². The van der Waals surface area contributed by atoms with Crippen molar-refractivity contribution in [2.75, 3.05) is 23.3 Å². The van der Waals surface area contributed by atoms with Gasteiger partial charge in [-0.25, -0.2) is 9.97 Å². The summed E-state index contributed by atoms with van der Waals surface area (Å²) in [4.78, 5) is 22.9. The molecule has 0 aliphatic rings. The SMILES string of the molecule is CCCN(CC(=O)Nc1ccccc1C)c1nccc(C)n1. The first kappa shape index (κ1) is 15.9. The fourth-order valence-electron chi connectivity index (χ4n) is 2.18. The van der Waals surface area contributed by atoms with Crippen LogP contribution in [0.25, 0.3) is 0 Å². The maximum Gasteiger partial charge on any atom is 0.244 e. The van der Waals surface area contributed by atoms with Crippen molar-refractivity contribution >= 4 is 17.5 Å². The molecule has 5 heteroatoms. The number of carbonyl (C=O) groups excluding carboxylic acids is 1. The van der Waals surface area contributed by atoms with E-state index in [1.54, 1.807) is 6.20 Å². The molecule has 0 atom stereocenters. The first-order valence-corrected chi connectivity index (χ1v) is 7.50. The normalized spacial score (nSPS) is 10.3. The van der Waals surface area contributed by atoms with Crippen LogP contribution in [0, 0.1) is 13.8 Å². The number of nitrogens with one attached hydrogen (secondary N) is 1. The highest BCUT2D eigenvalue weighted by Gasteiger charge is 2.14. The number of amides is 1. The topological polar surface area (TPSA) is 58.1 Å². The van der Waals surface area contributed by atoms with Gasteiger partial charge >= 0.3 is 0 Å². The molecule has 0 unspecified atom stereocenters. The molecule has 1 aromatic heterocycles. The Balaban J connectivity index is 2.08. The van der Waals surface area contributed by atoms with E-state index < -0.39 is 0 Å². The Morgan fingerprint density at radius 1 is 1.23 bits per heavy atom. The zero-order chi connectivity index (χ0) is 15.9. The number of rotatable bonds is 6. The second-order valence-electron chi connectivity index (χ2n) is 5.28. The van der Waals surface area contributed by atoms with Crippen molar-refractivity contribution in [3.8, 4) is 0 Å². The van der Waals surface area contributed by atoms with Gasteiger partial charge < -0.3 is 10.2 Å². The minimum Gasteiger partial charge on any atom is -0.332 e. The van der Waals surface area contributed by atoms with E-state index in [9.17, 15) is 4.79 Å². The average Bonchev–Trinajstić information content (AvgIpc) is 2.49. The molecule has 0 spiro atoms. The molecule has 0 saturated carbocycles. The maximum absolute atomic E-state index is 12.3. The zero-order valence-electron chi connectivity index (χ0n) is 13.3. The lowest BCUT2D eigenvalue weighted by Gasteiger charge is -2.21. The van der Waals surface area contributed by atoms with E-state index in [1.807, 2.05) is 49.1 Å². The molecule has 0 fully saturated rings. The number of anilines is 2. The van der Waals surface area contributed by atoms with E-state index in [4.69, 9.17) is 0 Å². The number of hydrogen-bond acceptors (Lipinski definition) is 4. The highest BCUT2D eigenvalue weighted by atomic mass is 16.2. The molecule has 1 heterocycles. The van der Waals surface area contributed by atoms with Gasteiger partial charge in [0.25, 0.3) is 0 Å². The third-order valence-electron chi connectivity index (χ3n) is 3.31. The molecule has 5 nitrogen and oxygen atoms in total. The van der Waals surface area contributed by atoms with Gasteiger partial charge in [-0.1, -0.05) is 25.1 Å². The van der Waals surface area contributed by atoms with Crippen LogP contribution < -0.4 is 10.2 Å². The smallest absolute Gasteiger partial charge is 0.244 e. The van der Waals surface area contributed by atoms with E-state index in [2.05, 4.69) is 22.2 Å². The molecule has 0 bridgehead atoms. The first-order valence-electron chi connectivity index (χ1n) is 7.50. The predicted octanol–water partition coefficient (Wildman–Crippen LogP) is 2.95. The fraction of sp³-hybridized carbons (Fsp3) is 0.353. The van der Waals surface area contributed by atoms with Gasteiger partial charge in [-0.2, -0.15) is 0 Å². The van der Waals surface area contributed by atoms with Crippen LogP contribution in [0.5, 0.6) is 0 Å². The number of para-hydroxylation sites is 1. The third kappa shape index (κ3) is 4.28. The number of aromatic nitrogens is 2. The Kier molecular flexibility index (Phi) is 5.47. The van der Waals surface area contributed by atoms with E-state index in [0.717, 1.165) is 29.9 Å². The lowest BCUT2D eigenvalue weighted by Crippen LogP contribution is -2.35. The summed E-state index contributed by atoms with van der Waals surface area (Å²) < 4.78 is 0. The summed E-state index contributed by atoms with van der Waals surface area (Å²) >= 11 is 0. The van der Waals surface area contributed by atoms with Crippen molar-refractivity contribution in [2.24, 2.45) is 0 Å². The number of benzene rings is 1. The number of nitrogens with zero attached hydrogens (tertiary/aromatic N) is 3. The summed E-state index contributed by atoms with van der Waals surface area (Å²) in [7, 11) is 0. The van der Waals surface area contributed by atoms with Gasteiger partial charge in [-0.3, -0.25) is 4.79 Å². The minimum absolute atomic E-state index is 0.0622. The highest BCUT2D eigenvalue weighted by Crippen LogP contribution is 2.14. The van der Waals surface area contributed by atoms with Crippen molar-refractivity contribution in [1.29, 1.82) is 0 Å². The molecule has 116 valence electrons. The monoisotopic (exact) mass is 298 g/mol. The summed E-state index contributed by atoms with van der Waals surface area (Å²) in [6, 6.07) is 9.59. The van der Waals surface area contributed by atoms with Crippen molar-refractivity contribution in [3.05, 3.63) is 47.8 Å². The largest absolute Gasteiger partial charge is 0.332 e. The summed E-state index contributed by atoms with van der Waals surface area (Å²) in [6.45, 7) is 6.95. The molecule has 0 saturated heterocycles. The summed E-state index contributed by atoms with van der Waals surface area (Å²) in [6.07, 6.45) is 2.65. The van der Waals surface area contributed by atoms with Gasteiger partial charge in [-0.05, 0) is 38.0 Å². The van der Waals surface area contributed by atoms with Gasteiger partial charge in [0, 0.05) is 24.1 Å². The zero-order valence-corrected chi connectivity index (χ0v) is 13.3. The van der Waals surface area contributed by atoms with Crippen LogP contribution in [-0.4, -0.2) is 29.0 Å². The standard InChI is InChI=1S/C17H22N4O/c1-4-11-21(17-18-10-9-14(3)19-17)12-16(22)20-15-8-6-5-7-13(15)2/h5-10H,4,11-12H2,1-3H3,(H,20,22). The minimum atomic E-state index is -0.0622. The first-order chi connectivity index (χ1) is 10.6. The van der Waals surface area contributed by atoms with Crippen molar-refractivity contribution in [2.45, 2.75) is 27.2 Å². The van der Waals surface area contributed by atoms with Gasteiger partial charge in [0.05, 0.1) is 0 Å². The van der Waals surface area contributed by atoms with E-state index in [0.29, 0.717) is 5.95 Å². The molecule has 1 aromatic carbocycles. The molecule has 0 radical (unpaired) electrons. The molecular weight excluding hydrogens is 276 g/mol. The second kappa shape index (κ2) is 7.54. The Hall–Kier alpha value is -2.43. The molecule has 22 heavy (non-hydrogen) atoms. The average molecular weight is 298 g/mol. The Morgan fingerprint density at radius 2 is 2.00 bits per heavy atom. The second-order valence-corrected chi connectivity index (χ2v) is 5.28. The Labute approximate surface area is 131 Å². The highest BCUT2D eigenvalue weighted by molar-refractivity contribution is 5.94. The molecular formula is C17H22N4O. The molecule has 2 aromatic rings. The van der Waals surface area contributed by atoms with Crippen LogP contribution in [0.3, 0.4) is 0 Å². The Morgan fingerprint density at radius 3 is 2.68 bits per heavy atom. The third-order valence-corrected chi connectivity index (χ3v) is 3.31. The molecule has 1 amide bonds. The molecule has 2 rings (SSSR count). The van der Waals surface area contributed by atoms with Gasteiger partial charge in [-0.15, -0.1) is 0 Å². The lowest BCUT2D eigenvalue weighted by molar-refractivity contribution is -0.115. The molecule has 0 aliphatic heterocycles. The van der Waals surface area contributed by atoms with Crippen LogP contribution >= 0.6 is 0 Å². The van der Waals surface area contributed by atoms with Gasteiger partial charge in [0.15, 0.2) is 0 Å². The van der Waals surface area contributed by atoms with Crippen molar-refractivity contribution in [1.82, 2.24) is 9.97 Å². The van der Waals surface area contributed by atoms with Crippen molar-refractivity contribution < 1.29 is 4.79 Å². The van der Waals surface area contributed by atoms with Crippen LogP contribution in [0.2, 0.25) is 0 Å². The van der Waals surface area contributed by atoms with Crippen molar-refractivity contribution in [3.63, 3.8) is 0 Å². The summed E-state index contributed by atoms with van der Waals surface area (Å²) in [5, 5.41) is 2.95. The molecule has 0 aliphatic carbocycles. The number of carbonyl (C=O) groups is 1. The van der Waals surface area contributed by atoms with E-state index >= 15 is 0 Å². The quantitative estimate of drug-likeness (QED) is 0.891. The summed E-state index contributed by atoms with van der Waals surface area (Å²) in [5.74, 6) is 0.537. The number of hydrogen-bond donors (Lipinski definition) is 1. The van der Waals surface area contributed by atoms with E-state index in [-0.39, 0.29) is 12.5 Å². The Bertz CT molecular complexity index is 642. The van der Waals surface area contributed by atoms with E-state index in [1.165, 1.54) is 0 Å². The number of aryl methyl sites for hydroxylation is 2. The maximum atomic E-state index is 12.3. The van der Waals surface area contributed by atoms with Crippen LogP contribution in [0.15, 0.2) is 36.5 Å².